The topological polar surface area (TPSA) is 76.9 Å². The number of halogens is 1. The lowest BCUT2D eigenvalue weighted by Crippen LogP contribution is -2.18. The third-order valence-electron chi connectivity index (χ3n) is 1.95. The van der Waals surface area contributed by atoms with Gasteiger partial charge in [-0.2, -0.15) is 5.10 Å². The zero-order valence-corrected chi connectivity index (χ0v) is 10.2. The zero-order chi connectivity index (χ0) is 12.4. The Morgan fingerprint density at radius 1 is 1.65 bits per heavy atom. The van der Waals surface area contributed by atoms with Gasteiger partial charge in [-0.05, 0) is 6.07 Å². The molecule has 0 aliphatic carbocycles. The largest absolute Gasteiger partial charge is 0.354 e. The highest BCUT2D eigenvalue weighted by Gasteiger charge is 2.13. The molecule has 0 saturated carbocycles. The van der Waals surface area contributed by atoms with Crippen LogP contribution in [0.25, 0.3) is 5.13 Å². The van der Waals surface area contributed by atoms with Gasteiger partial charge in [-0.3, -0.25) is 9.59 Å². The zero-order valence-electron chi connectivity index (χ0n) is 8.68. The lowest BCUT2D eigenvalue weighted by molar-refractivity contribution is 0.0957. The molecular weight excluding hydrogens is 264 g/mol. The Morgan fingerprint density at radius 2 is 2.41 bits per heavy atom. The van der Waals surface area contributed by atoms with Crippen LogP contribution < -0.4 is 5.32 Å². The fourth-order valence-electron chi connectivity index (χ4n) is 1.15. The standard InChI is InChI=1S/C9H7ClN4O2S/c1-11-8(16)5-2-3-14(13-5)9-12-7(10)6(4-15)17-9/h2-4H,1H3,(H,11,16). The van der Waals surface area contributed by atoms with Crippen LogP contribution in [0.15, 0.2) is 12.3 Å². The second-order valence-electron chi connectivity index (χ2n) is 2.99. The maximum absolute atomic E-state index is 11.3. The molecule has 0 aromatic carbocycles. The highest BCUT2D eigenvalue weighted by molar-refractivity contribution is 7.16. The molecule has 0 aliphatic rings. The predicted molar refractivity (Wildman–Crippen MR) is 63.0 cm³/mol. The molecule has 2 heterocycles. The number of hydrogen-bond donors (Lipinski definition) is 1. The number of thiazole rings is 1. The first-order valence-electron chi connectivity index (χ1n) is 4.55. The van der Waals surface area contributed by atoms with Gasteiger partial charge in [0.25, 0.3) is 5.91 Å². The van der Waals surface area contributed by atoms with Gasteiger partial charge in [-0.1, -0.05) is 22.9 Å². The molecule has 8 heteroatoms. The second kappa shape index (κ2) is 4.64. The Kier molecular flexibility index (Phi) is 3.21. The fourth-order valence-corrected chi connectivity index (χ4v) is 2.15. The molecule has 0 fully saturated rings. The van der Waals surface area contributed by atoms with E-state index in [4.69, 9.17) is 11.6 Å². The van der Waals surface area contributed by atoms with E-state index in [0.29, 0.717) is 16.3 Å². The molecule has 0 radical (unpaired) electrons. The van der Waals surface area contributed by atoms with E-state index < -0.39 is 0 Å². The summed E-state index contributed by atoms with van der Waals surface area (Å²) in [4.78, 5) is 26.2. The first-order chi connectivity index (χ1) is 8.15. The molecule has 0 unspecified atom stereocenters. The highest BCUT2D eigenvalue weighted by atomic mass is 35.5. The average molecular weight is 271 g/mol. The van der Waals surface area contributed by atoms with Crippen LogP contribution in [0.4, 0.5) is 0 Å². The molecule has 88 valence electrons. The molecule has 17 heavy (non-hydrogen) atoms. The third kappa shape index (κ3) is 2.20. The van der Waals surface area contributed by atoms with Gasteiger partial charge in [0, 0.05) is 13.2 Å². The van der Waals surface area contributed by atoms with Crippen molar-refractivity contribution < 1.29 is 9.59 Å². The monoisotopic (exact) mass is 270 g/mol. The maximum atomic E-state index is 11.3. The summed E-state index contributed by atoms with van der Waals surface area (Å²) in [7, 11) is 1.52. The fraction of sp³-hybridized carbons (Fsp3) is 0.111. The summed E-state index contributed by atoms with van der Waals surface area (Å²) in [5.74, 6) is -0.290. The molecule has 1 N–H and O–H groups in total. The molecule has 0 bridgehead atoms. The molecular formula is C9H7ClN4O2S. The molecule has 2 rings (SSSR count). The van der Waals surface area contributed by atoms with E-state index in [2.05, 4.69) is 15.4 Å². The SMILES string of the molecule is CNC(=O)c1ccn(-c2nc(Cl)c(C=O)s2)n1. The Morgan fingerprint density at radius 3 is 3.00 bits per heavy atom. The van der Waals surface area contributed by atoms with Crippen LogP contribution in [-0.4, -0.2) is 34.0 Å². The van der Waals surface area contributed by atoms with Crippen molar-refractivity contribution in [3.63, 3.8) is 0 Å². The predicted octanol–water partition coefficient (Wildman–Crippen LogP) is 1.15. The molecule has 0 atom stereocenters. The number of rotatable bonds is 3. The summed E-state index contributed by atoms with van der Waals surface area (Å²) >= 11 is 6.84. The number of amides is 1. The summed E-state index contributed by atoms with van der Waals surface area (Å²) in [5.41, 5.74) is 0.270. The lowest BCUT2D eigenvalue weighted by atomic mass is 10.4. The van der Waals surface area contributed by atoms with Crippen molar-refractivity contribution >= 4 is 35.1 Å². The van der Waals surface area contributed by atoms with Crippen molar-refractivity contribution in [3.05, 3.63) is 28.0 Å². The molecule has 2 aromatic heterocycles. The van der Waals surface area contributed by atoms with E-state index in [-0.39, 0.29) is 16.8 Å². The van der Waals surface area contributed by atoms with E-state index in [9.17, 15) is 9.59 Å². The number of carbonyl (C=O) groups is 2. The van der Waals surface area contributed by atoms with Crippen LogP contribution in [0.3, 0.4) is 0 Å². The normalized spacial score (nSPS) is 10.2. The number of nitrogens with zero attached hydrogens (tertiary/aromatic N) is 3. The number of hydrogen-bond acceptors (Lipinski definition) is 5. The van der Waals surface area contributed by atoms with Gasteiger partial charge in [0.1, 0.15) is 4.88 Å². The summed E-state index contributed by atoms with van der Waals surface area (Å²) < 4.78 is 1.40. The van der Waals surface area contributed by atoms with Gasteiger partial charge >= 0.3 is 0 Å². The molecule has 6 nitrogen and oxygen atoms in total. The number of carbonyl (C=O) groups excluding carboxylic acids is 2. The summed E-state index contributed by atoms with van der Waals surface area (Å²) in [5, 5.41) is 7.05. The van der Waals surface area contributed by atoms with E-state index in [1.54, 1.807) is 12.3 Å². The summed E-state index contributed by atoms with van der Waals surface area (Å²) in [6.45, 7) is 0. The average Bonchev–Trinajstić information content (AvgIpc) is 2.94. The van der Waals surface area contributed by atoms with Gasteiger partial charge in [0.05, 0.1) is 0 Å². The van der Waals surface area contributed by atoms with Crippen molar-refractivity contribution in [2.45, 2.75) is 0 Å². The minimum absolute atomic E-state index is 0.136. The van der Waals surface area contributed by atoms with E-state index in [1.165, 1.54) is 11.7 Å². The second-order valence-corrected chi connectivity index (χ2v) is 4.36. The third-order valence-corrected chi connectivity index (χ3v) is 3.32. The van der Waals surface area contributed by atoms with Crippen molar-refractivity contribution in [1.82, 2.24) is 20.1 Å². The smallest absolute Gasteiger partial charge is 0.271 e. The van der Waals surface area contributed by atoms with Crippen LogP contribution in [0.5, 0.6) is 0 Å². The molecule has 0 saturated heterocycles. The first-order valence-corrected chi connectivity index (χ1v) is 5.74. The molecule has 2 aromatic rings. The van der Waals surface area contributed by atoms with Crippen LogP contribution in [-0.2, 0) is 0 Å². The minimum Gasteiger partial charge on any atom is -0.354 e. The van der Waals surface area contributed by atoms with Crippen LogP contribution in [0.1, 0.15) is 20.2 Å². The van der Waals surface area contributed by atoms with Gasteiger partial charge in [0.2, 0.25) is 5.13 Å². The minimum atomic E-state index is -0.290. The Labute approximate surface area is 105 Å². The van der Waals surface area contributed by atoms with E-state index in [1.807, 2.05) is 0 Å². The lowest BCUT2D eigenvalue weighted by Gasteiger charge is -1.94. The Hall–Kier alpha value is -1.73. The molecule has 0 spiro atoms. The van der Waals surface area contributed by atoms with Crippen LogP contribution in [0, 0.1) is 0 Å². The van der Waals surface area contributed by atoms with Gasteiger partial charge in [0.15, 0.2) is 17.1 Å². The van der Waals surface area contributed by atoms with E-state index >= 15 is 0 Å². The summed E-state index contributed by atoms with van der Waals surface area (Å²) in [6.07, 6.45) is 2.21. The number of aromatic nitrogens is 3. The maximum Gasteiger partial charge on any atom is 0.271 e. The van der Waals surface area contributed by atoms with Crippen molar-refractivity contribution in [3.8, 4) is 5.13 Å². The quantitative estimate of drug-likeness (QED) is 0.849. The van der Waals surface area contributed by atoms with Crippen LogP contribution >= 0.6 is 22.9 Å². The van der Waals surface area contributed by atoms with Crippen molar-refractivity contribution in [2.75, 3.05) is 7.05 Å². The van der Waals surface area contributed by atoms with Crippen molar-refractivity contribution in [1.29, 1.82) is 0 Å². The Bertz CT molecular complexity index is 577. The van der Waals surface area contributed by atoms with Gasteiger partial charge < -0.3 is 5.32 Å². The Balaban J connectivity index is 2.36. The molecule has 0 aliphatic heterocycles. The van der Waals surface area contributed by atoms with Crippen molar-refractivity contribution in [2.24, 2.45) is 0 Å². The van der Waals surface area contributed by atoms with E-state index in [0.717, 1.165) is 11.3 Å². The number of nitrogens with one attached hydrogen (secondary N) is 1. The molecule has 1 amide bonds. The summed E-state index contributed by atoms with van der Waals surface area (Å²) in [6, 6.07) is 1.55. The first kappa shape index (κ1) is 11.7. The highest BCUT2D eigenvalue weighted by Crippen LogP contribution is 2.23. The van der Waals surface area contributed by atoms with Gasteiger partial charge in [-0.25, -0.2) is 9.67 Å². The number of aldehydes is 1. The van der Waals surface area contributed by atoms with Gasteiger partial charge in [-0.15, -0.1) is 0 Å². The van der Waals surface area contributed by atoms with Crippen LogP contribution in [0.2, 0.25) is 5.15 Å².